The highest BCUT2D eigenvalue weighted by Gasteiger charge is 2.23. The first-order valence-electron chi connectivity index (χ1n) is 6.68. The second-order valence-corrected chi connectivity index (χ2v) is 4.90. The molecule has 5 heteroatoms. The third kappa shape index (κ3) is 3.56. The summed E-state index contributed by atoms with van der Waals surface area (Å²) in [4.78, 5) is 20.0. The van der Waals surface area contributed by atoms with E-state index in [-0.39, 0.29) is 0 Å². The SMILES string of the molecule is COc1cc(C(Cc2ccccc2C)C(=O)O)nc(C)n1. The van der Waals surface area contributed by atoms with Crippen LogP contribution in [-0.4, -0.2) is 28.2 Å². The second-order valence-electron chi connectivity index (χ2n) is 4.90. The molecular formula is C16H18N2O3. The van der Waals surface area contributed by atoms with Crippen LogP contribution in [0, 0.1) is 13.8 Å². The summed E-state index contributed by atoms with van der Waals surface area (Å²) in [6.07, 6.45) is 0.390. The molecule has 21 heavy (non-hydrogen) atoms. The van der Waals surface area contributed by atoms with Gasteiger partial charge in [-0.05, 0) is 31.4 Å². The highest BCUT2D eigenvalue weighted by atomic mass is 16.5. The van der Waals surface area contributed by atoms with Crippen molar-refractivity contribution in [2.45, 2.75) is 26.2 Å². The molecule has 110 valence electrons. The van der Waals surface area contributed by atoms with Crippen LogP contribution in [0.15, 0.2) is 30.3 Å². The van der Waals surface area contributed by atoms with Crippen LogP contribution < -0.4 is 4.74 Å². The number of carbonyl (C=O) groups is 1. The van der Waals surface area contributed by atoms with Crippen molar-refractivity contribution in [3.63, 3.8) is 0 Å². The number of aliphatic carboxylic acids is 1. The van der Waals surface area contributed by atoms with E-state index in [9.17, 15) is 9.90 Å². The number of benzene rings is 1. The normalized spacial score (nSPS) is 12.0. The highest BCUT2D eigenvalue weighted by Crippen LogP contribution is 2.24. The largest absolute Gasteiger partial charge is 0.481 e. The van der Waals surface area contributed by atoms with Gasteiger partial charge in [0.2, 0.25) is 5.88 Å². The Bertz CT molecular complexity index is 656. The molecule has 0 spiro atoms. The van der Waals surface area contributed by atoms with E-state index in [1.165, 1.54) is 7.11 Å². The molecule has 1 heterocycles. The number of hydrogen-bond acceptors (Lipinski definition) is 4. The van der Waals surface area contributed by atoms with Crippen molar-refractivity contribution < 1.29 is 14.6 Å². The van der Waals surface area contributed by atoms with Crippen LogP contribution in [0.5, 0.6) is 5.88 Å². The van der Waals surface area contributed by atoms with Crippen molar-refractivity contribution in [1.82, 2.24) is 9.97 Å². The predicted octanol–water partition coefficient (Wildman–Crippen LogP) is 2.51. The molecule has 0 aliphatic carbocycles. The monoisotopic (exact) mass is 286 g/mol. The van der Waals surface area contributed by atoms with E-state index in [1.54, 1.807) is 13.0 Å². The first kappa shape index (κ1) is 15.0. The zero-order valence-corrected chi connectivity index (χ0v) is 12.3. The lowest BCUT2D eigenvalue weighted by Crippen LogP contribution is -2.17. The molecule has 1 aromatic carbocycles. The zero-order valence-electron chi connectivity index (χ0n) is 12.3. The number of aromatic nitrogens is 2. The standard InChI is InChI=1S/C16H18N2O3/c1-10-6-4-5-7-12(10)8-13(16(19)20)14-9-15(21-3)18-11(2)17-14/h4-7,9,13H,8H2,1-3H3,(H,19,20). The minimum atomic E-state index is -0.904. The zero-order chi connectivity index (χ0) is 15.4. The maximum absolute atomic E-state index is 11.6. The van der Waals surface area contributed by atoms with E-state index in [1.807, 2.05) is 31.2 Å². The topological polar surface area (TPSA) is 72.3 Å². The Labute approximate surface area is 123 Å². The Kier molecular flexibility index (Phi) is 4.52. The van der Waals surface area contributed by atoms with Gasteiger partial charge in [-0.15, -0.1) is 0 Å². The summed E-state index contributed by atoms with van der Waals surface area (Å²) >= 11 is 0. The van der Waals surface area contributed by atoms with Gasteiger partial charge in [0.25, 0.3) is 0 Å². The van der Waals surface area contributed by atoms with Crippen LogP contribution in [0.3, 0.4) is 0 Å². The molecule has 1 N–H and O–H groups in total. The molecule has 5 nitrogen and oxygen atoms in total. The molecule has 2 aromatic rings. The first-order chi connectivity index (χ1) is 10.0. The summed E-state index contributed by atoms with van der Waals surface area (Å²) in [5.74, 6) is -0.742. The smallest absolute Gasteiger partial charge is 0.312 e. The molecule has 0 saturated heterocycles. The third-order valence-electron chi connectivity index (χ3n) is 3.38. The van der Waals surface area contributed by atoms with E-state index >= 15 is 0 Å². The van der Waals surface area contributed by atoms with Crippen LogP contribution in [0.2, 0.25) is 0 Å². The van der Waals surface area contributed by atoms with Gasteiger partial charge in [-0.1, -0.05) is 24.3 Å². The van der Waals surface area contributed by atoms with Gasteiger partial charge in [0, 0.05) is 6.07 Å². The average Bonchev–Trinajstić information content (AvgIpc) is 2.45. The molecule has 1 aromatic heterocycles. The molecule has 0 bridgehead atoms. The molecule has 0 fully saturated rings. The Morgan fingerprint density at radius 1 is 1.29 bits per heavy atom. The maximum Gasteiger partial charge on any atom is 0.312 e. The molecule has 0 aliphatic rings. The van der Waals surface area contributed by atoms with Gasteiger partial charge in [0.15, 0.2) is 0 Å². The van der Waals surface area contributed by atoms with E-state index in [0.717, 1.165) is 11.1 Å². The summed E-state index contributed by atoms with van der Waals surface area (Å²) in [7, 11) is 1.50. The minimum Gasteiger partial charge on any atom is -0.481 e. The third-order valence-corrected chi connectivity index (χ3v) is 3.38. The van der Waals surface area contributed by atoms with Gasteiger partial charge in [-0.3, -0.25) is 4.79 Å². The van der Waals surface area contributed by atoms with Crippen LogP contribution in [-0.2, 0) is 11.2 Å². The molecule has 1 atom stereocenters. The van der Waals surface area contributed by atoms with Crippen LogP contribution >= 0.6 is 0 Å². The molecule has 1 unspecified atom stereocenters. The fraction of sp³-hybridized carbons (Fsp3) is 0.312. The van der Waals surface area contributed by atoms with Crippen LogP contribution in [0.4, 0.5) is 0 Å². The predicted molar refractivity (Wildman–Crippen MR) is 78.6 cm³/mol. The fourth-order valence-electron chi connectivity index (χ4n) is 2.22. The molecular weight excluding hydrogens is 268 g/mol. The highest BCUT2D eigenvalue weighted by molar-refractivity contribution is 5.76. The Hall–Kier alpha value is -2.43. The van der Waals surface area contributed by atoms with E-state index in [2.05, 4.69) is 9.97 Å². The van der Waals surface area contributed by atoms with Crippen molar-refractivity contribution in [3.8, 4) is 5.88 Å². The van der Waals surface area contributed by atoms with E-state index in [0.29, 0.717) is 23.8 Å². The lowest BCUT2D eigenvalue weighted by molar-refractivity contribution is -0.138. The second kappa shape index (κ2) is 6.35. The fourth-order valence-corrected chi connectivity index (χ4v) is 2.22. The summed E-state index contributed by atoms with van der Waals surface area (Å²) in [6, 6.07) is 9.35. The van der Waals surface area contributed by atoms with Gasteiger partial charge in [-0.25, -0.2) is 4.98 Å². The number of hydrogen-bond donors (Lipinski definition) is 1. The van der Waals surface area contributed by atoms with Crippen molar-refractivity contribution in [2.75, 3.05) is 7.11 Å². The first-order valence-corrected chi connectivity index (χ1v) is 6.68. The average molecular weight is 286 g/mol. The summed E-state index contributed by atoms with van der Waals surface area (Å²) < 4.78 is 5.10. The summed E-state index contributed by atoms with van der Waals surface area (Å²) in [6.45, 7) is 3.69. The number of aryl methyl sites for hydroxylation is 2. The van der Waals surface area contributed by atoms with Crippen molar-refractivity contribution in [1.29, 1.82) is 0 Å². The van der Waals surface area contributed by atoms with Gasteiger partial charge < -0.3 is 9.84 Å². The molecule has 0 saturated carbocycles. The lowest BCUT2D eigenvalue weighted by atomic mass is 9.93. The molecule has 0 aliphatic heterocycles. The Morgan fingerprint density at radius 2 is 2.00 bits per heavy atom. The molecule has 2 rings (SSSR count). The van der Waals surface area contributed by atoms with Crippen molar-refractivity contribution >= 4 is 5.97 Å². The number of carboxylic acid groups (broad SMARTS) is 1. The van der Waals surface area contributed by atoms with Crippen LogP contribution in [0.1, 0.15) is 28.6 Å². The number of methoxy groups -OCH3 is 1. The summed E-state index contributed by atoms with van der Waals surface area (Å²) in [5.41, 5.74) is 2.54. The van der Waals surface area contributed by atoms with Gasteiger partial charge in [0.1, 0.15) is 11.7 Å². The number of nitrogens with zero attached hydrogens (tertiary/aromatic N) is 2. The minimum absolute atomic E-state index is 0.383. The quantitative estimate of drug-likeness (QED) is 0.914. The molecule has 0 amide bonds. The Balaban J connectivity index is 2.38. The number of rotatable bonds is 5. The summed E-state index contributed by atoms with van der Waals surface area (Å²) in [5, 5.41) is 9.53. The molecule has 0 radical (unpaired) electrons. The lowest BCUT2D eigenvalue weighted by Gasteiger charge is -2.14. The Morgan fingerprint density at radius 3 is 2.62 bits per heavy atom. The van der Waals surface area contributed by atoms with Gasteiger partial charge in [0.05, 0.1) is 12.8 Å². The van der Waals surface area contributed by atoms with Gasteiger partial charge >= 0.3 is 5.97 Å². The van der Waals surface area contributed by atoms with Crippen molar-refractivity contribution in [2.24, 2.45) is 0 Å². The van der Waals surface area contributed by atoms with E-state index in [4.69, 9.17) is 4.74 Å². The van der Waals surface area contributed by atoms with Gasteiger partial charge in [-0.2, -0.15) is 4.98 Å². The van der Waals surface area contributed by atoms with Crippen molar-refractivity contribution in [3.05, 3.63) is 53.0 Å². The maximum atomic E-state index is 11.6. The van der Waals surface area contributed by atoms with Crippen LogP contribution in [0.25, 0.3) is 0 Å². The van der Waals surface area contributed by atoms with E-state index < -0.39 is 11.9 Å². The number of carboxylic acids is 1. The number of ether oxygens (including phenoxy) is 1.